The van der Waals surface area contributed by atoms with E-state index < -0.39 is 0 Å². The zero-order valence-electron chi connectivity index (χ0n) is 11.9. The van der Waals surface area contributed by atoms with E-state index in [1.165, 1.54) is 12.8 Å². The molecule has 3 rings (SSSR count). The highest BCUT2D eigenvalue weighted by Gasteiger charge is 2.69. The molecule has 1 heterocycles. The Hall–Kier alpha value is -0.520. The number of ether oxygens (including phenoxy) is 2. The molecule has 6 atom stereocenters. The van der Waals surface area contributed by atoms with E-state index in [9.17, 15) is 0 Å². The minimum Gasteiger partial charge on any atom is -0.348 e. The Kier molecular flexibility index (Phi) is 2.60. The summed E-state index contributed by atoms with van der Waals surface area (Å²) in [5, 5.41) is 0. The summed E-state index contributed by atoms with van der Waals surface area (Å²) in [5.74, 6) is 4.09. The molecule has 3 aliphatic rings. The molecule has 0 aromatic carbocycles. The van der Waals surface area contributed by atoms with Crippen molar-refractivity contribution in [2.75, 3.05) is 0 Å². The van der Waals surface area contributed by atoms with Crippen molar-refractivity contribution in [3.8, 4) is 12.3 Å². The van der Waals surface area contributed by atoms with Crippen LogP contribution in [0.4, 0.5) is 0 Å². The first-order chi connectivity index (χ1) is 8.40. The van der Waals surface area contributed by atoms with Gasteiger partial charge in [-0.15, -0.1) is 6.42 Å². The van der Waals surface area contributed by atoms with Crippen LogP contribution in [0.25, 0.3) is 0 Å². The molecule has 100 valence electrons. The Labute approximate surface area is 110 Å². The zero-order valence-corrected chi connectivity index (χ0v) is 11.9. The van der Waals surface area contributed by atoms with Gasteiger partial charge in [0, 0.05) is 6.42 Å². The van der Waals surface area contributed by atoms with Gasteiger partial charge in [-0.3, -0.25) is 0 Å². The highest BCUT2D eigenvalue weighted by molar-refractivity contribution is 5.16. The van der Waals surface area contributed by atoms with Gasteiger partial charge < -0.3 is 9.47 Å². The maximum Gasteiger partial charge on any atom is 0.160 e. The molecule has 3 fully saturated rings. The summed E-state index contributed by atoms with van der Waals surface area (Å²) in [5.41, 5.74) is 0.727. The van der Waals surface area contributed by atoms with E-state index in [-0.39, 0.29) is 12.4 Å². The van der Waals surface area contributed by atoms with Crippen LogP contribution in [-0.4, -0.2) is 18.5 Å². The first-order valence-corrected chi connectivity index (χ1v) is 7.17. The molecule has 2 aliphatic carbocycles. The summed E-state index contributed by atoms with van der Waals surface area (Å²) in [6, 6.07) is 0. The maximum absolute atomic E-state index is 6.21. The first kappa shape index (κ1) is 12.5. The predicted octanol–water partition coefficient (Wildman–Crippen LogP) is 3.21. The van der Waals surface area contributed by atoms with Crippen LogP contribution in [0, 0.1) is 35.0 Å². The van der Waals surface area contributed by atoms with Crippen molar-refractivity contribution in [3.05, 3.63) is 0 Å². The van der Waals surface area contributed by atoms with Crippen LogP contribution in [0.3, 0.4) is 0 Å². The fraction of sp³-hybridized carbons (Fsp3) is 0.875. The standard InChI is InChI=1S/C16H24O2/c1-6-10(2)17-13-9-11-12-7-8-16(5,14(11)18-13)15(12,3)4/h1,10-14H,7-9H2,2-5H3/t10-,11-,12-,13-,14-,16+/m1/s1. The van der Waals surface area contributed by atoms with Crippen LogP contribution >= 0.6 is 0 Å². The minimum atomic E-state index is -0.146. The van der Waals surface area contributed by atoms with E-state index in [1.54, 1.807) is 0 Å². The molecule has 2 heteroatoms. The Bertz CT molecular complexity index is 394. The van der Waals surface area contributed by atoms with Crippen LogP contribution in [0.1, 0.15) is 47.0 Å². The molecule has 2 nitrogen and oxygen atoms in total. The Balaban J connectivity index is 1.77. The van der Waals surface area contributed by atoms with Gasteiger partial charge in [-0.25, -0.2) is 0 Å². The minimum absolute atomic E-state index is 0.0814. The van der Waals surface area contributed by atoms with Gasteiger partial charge >= 0.3 is 0 Å². The summed E-state index contributed by atoms with van der Waals surface area (Å²) in [4.78, 5) is 0. The molecule has 0 spiro atoms. The Morgan fingerprint density at radius 1 is 1.39 bits per heavy atom. The summed E-state index contributed by atoms with van der Waals surface area (Å²) < 4.78 is 12.0. The van der Waals surface area contributed by atoms with Crippen molar-refractivity contribution < 1.29 is 9.47 Å². The molecule has 0 aromatic heterocycles. The second-order valence-corrected chi connectivity index (χ2v) is 7.12. The molecule has 0 unspecified atom stereocenters. The molecule has 1 aliphatic heterocycles. The normalized spacial score (nSPS) is 49.9. The van der Waals surface area contributed by atoms with Crippen molar-refractivity contribution in [2.45, 2.75) is 65.5 Å². The van der Waals surface area contributed by atoms with Gasteiger partial charge in [0.1, 0.15) is 6.10 Å². The summed E-state index contributed by atoms with van der Waals surface area (Å²) in [6.07, 6.45) is 9.20. The largest absolute Gasteiger partial charge is 0.348 e. The molecule has 0 N–H and O–H groups in total. The van der Waals surface area contributed by atoms with Crippen LogP contribution in [0.5, 0.6) is 0 Å². The summed E-state index contributed by atoms with van der Waals surface area (Å²) in [7, 11) is 0. The quantitative estimate of drug-likeness (QED) is 0.699. The van der Waals surface area contributed by atoms with Crippen LogP contribution in [-0.2, 0) is 9.47 Å². The predicted molar refractivity (Wildman–Crippen MR) is 70.8 cm³/mol. The number of fused-ring (bicyclic) bond motifs is 5. The molecule has 2 bridgehead atoms. The lowest BCUT2D eigenvalue weighted by Gasteiger charge is -2.38. The lowest BCUT2D eigenvalue weighted by molar-refractivity contribution is -0.173. The zero-order chi connectivity index (χ0) is 13.1. The van der Waals surface area contributed by atoms with Gasteiger partial charge in [0.05, 0.1) is 6.10 Å². The number of hydrogen-bond donors (Lipinski definition) is 0. The average molecular weight is 248 g/mol. The van der Waals surface area contributed by atoms with Crippen molar-refractivity contribution in [3.63, 3.8) is 0 Å². The molecule has 18 heavy (non-hydrogen) atoms. The van der Waals surface area contributed by atoms with E-state index in [0.29, 0.717) is 22.9 Å². The number of hydrogen-bond acceptors (Lipinski definition) is 2. The monoisotopic (exact) mass is 248 g/mol. The summed E-state index contributed by atoms with van der Waals surface area (Å²) in [6.45, 7) is 9.17. The van der Waals surface area contributed by atoms with Gasteiger partial charge in [0.25, 0.3) is 0 Å². The van der Waals surface area contributed by atoms with Crippen LogP contribution in [0.15, 0.2) is 0 Å². The Morgan fingerprint density at radius 2 is 2.11 bits per heavy atom. The van der Waals surface area contributed by atoms with E-state index in [2.05, 4.69) is 26.7 Å². The van der Waals surface area contributed by atoms with E-state index >= 15 is 0 Å². The third-order valence-electron chi connectivity index (χ3n) is 6.26. The summed E-state index contributed by atoms with van der Waals surface area (Å²) >= 11 is 0. The smallest absolute Gasteiger partial charge is 0.160 e. The fourth-order valence-corrected chi connectivity index (χ4v) is 4.84. The first-order valence-electron chi connectivity index (χ1n) is 7.17. The lowest BCUT2D eigenvalue weighted by atomic mass is 9.70. The fourth-order valence-electron chi connectivity index (χ4n) is 4.84. The van der Waals surface area contributed by atoms with Gasteiger partial charge in [0.2, 0.25) is 0 Å². The number of terminal acetylenes is 1. The van der Waals surface area contributed by atoms with E-state index in [4.69, 9.17) is 15.9 Å². The topological polar surface area (TPSA) is 18.5 Å². The van der Waals surface area contributed by atoms with Crippen LogP contribution < -0.4 is 0 Å². The van der Waals surface area contributed by atoms with Gasteiger partial charge in [0.15, 0.2) is 6.29 Å². The highest BCUT2D eigenvalue weighted by Crippen LogP contribution is 2.71. The average Bonchev–Trinajstić information content (AvgIpc) is 2.85. The maximum atomic E-state index is 6.21. The van der Waals surface area contributed by atoms with E-state index in [1.807, 2.05) is 6.92 Å². The molecule has 2 saturated carbocycles. The molecule has 1 saturated heterocycles. The van der Waals surface area contributed by atoms with Gasteiger partial charge in [-0.05, 0) is 42.4 Å². The Morgan fingerprint density at radius 3 is 2.72 bits per heavy atom. The lowest BCUT2D eigenvalue weighted by Crippen LogP contribution is -2.38. The highest BCUT2D eigenvalue weighted by atomic mass is 16.7. The molecular formula is C16H24O2. The number of rotatable bonds is 2. The van der Waals surface area contributed by atoms with Crippen molar-refractivity contribution in [2.24, 2.45) is 22.7 Å². The van der Waals surface area contributed by atoms with Crippen molar-refractivity contribution >= 4 is 0 Å². The van der Waals surface area contributed by atoms with Gasteiger partial charge in [-0.2, -0.15) is 0 Å². The molecule has 0 aromatic rings. The molecule has 0 radical (unpaired) electrons. The van der Waals surface area contributed by atoms with Crippen molar-refractivity contribution in [1.29, 1.82) is 0 Å². The van der Waals surface area contributed by atoms with Crippen LogP contribution in [0.2, 0.25) is 0 Å². The third kappa shape index (κ3) is 1.38. The van der Waals surface area contributed by atoms with Crippen molar-refractivity contribution in [1.82, 2.24) is 0 Å². The van der Waals surface area contributed by atoms with Gasteiger partial charge in [-0.1, -0.05) is 26.7 Å². The second-order valence-electron chi connectivity index (χ2n) is 7.12. The molecular weight excluding hydrogens is 224 g/mol. The third-order valence-corrected chi connectivity index (χ3v) is 6.26. The second kappa shape index (κ2) is 3.74. The van der Waals surface area contributed by atoms with E-state index in [0.717, 1.165) is 12.3 Å². The molecule has 0 amide bonds. The SMILES string of the molecule is C#C[C@@H](C)O[C@H]1C[C@@H]2[C@H]3CC[C@@](C)([C@@H]2O1)C3(C)C.